The Kier molecular flexibility index (Phi) is 4.96. The number of amides is 3. The minimum Gasteiger partial charge on any atom is -0.351 e. The Morgan fingerprint density at radius 1 is 1.30 bits per heavy atom. The highest BCUT2D eigenvalue weighted by Gasteiger charge is 2.29. The predicted molar refractivity (Wildman–Crippen MR) is 89.5 cm³/mol. The summed E-state index contributed by atoms with van der Waals surface area (Å²) in [5.41, 5.74) is 6.34. The van der Waals surface area contributed by atoms with Crippen LogP contribution < -0.4 is 11.1 Å². The minimum atomic E-state index is -0.787. The first-order valence-electron chi connectivity index (χ1n) is 8.37. The molecule has 1 aliphatic heterocycles. The smallest absolute Gasteiger partial charge is 0.318 e. The zero-order chi connectivity index (χ0) is 16.4. The summed E-state index contributed by atoms with van der Waals surface area (Å²) in [6.07, 6.45) is 6.91. The average Bonchev–Trinajstić information content (AvgIpc) is 2.97. The number of likely N-dealkylation sites (tertiary alicyclic amines) is 1. The molecule has 1 unspecified atom stereocenters. The van der Waals surface area contributed by atoms with Crippen LogP contribution in [0, 0.1) is 0 Å². The number of primary amides is 1. The third kappa shape index (κ3) is 3.72. The fourth-order valence-electron chi connectivity index (χ4n) is 3.47. The Bertz CT molecular complexity index is 569. The number of thiazole rings is 1. The van der Waals surface area contributed by atoms with E-state index in [9.17, 15) is 9.59 Å². The molecule has 23 heavy (non-hydrogen) atoms. The number of carbonyl (C=O) groups excluding carboxylic acids is 2. The van der Waals surface area contributed by atoms with Gasteiger partial charge in [0.1, 0.15) is 0 Å². The summed E-state index contributed by atoms with van der Waals surface area (Å²) in [7, 11) is 0. The Morgan fingerprint density at radius 2 is 2.00 bits per heavy atom. The molecule has 0 spiro atoms. The molecular weight excluding hydrogens is 312 g/mol. The number of piperidine rings is 1. The van der Waals surface area contributed by atoms with Gasteiger partial charge in [0, 0.05) is 10.8 Å². The van der Waals surface area contributed by atoms with Crippen molar-refractivity contribution in [3.05, 3.63) is 15.6 Å². The van der Waals surface area contributed by atoms with Gasteiger partial charge >= 0.3 is 6.03 Å². The van der Waals surface area contributed by atoms with Gasteiger partial charge in [-0.1, -0.05) is 0 Å². The van der Waals surface area contributed by atoms with Crippen molar-refractivity contribution in [1.82, 2.24) is 15.2 Å². The summed E-state index contributed by atoms with van der Waals surface area (Å²) >= 11 is 1.90. The third-order valence-electron chi connectivity index (χ3n) is 4.91. The van der Waals surface area contributed by atoms with Crippen LogP contribution in [0.25, 0.3) is 0 Å². The number of carbonyl (C=O) groups is 2. The highest BCUT2D eigenvalue weighted by atomic mass is 32.1. The largest absolute Gasteiger partial charge is 0.351 e. The van der Waals surface area contributed by atoms with Crippen LogP contribution in [0.3, 0.4) is 0 Å². The lowest BCUT2D eigenvalue weighted by Gasteiger charge is -2.34. The van der Waals surface area contributed by atoms with E-state index in [-0.39, 0.29) is 11.9 Å². The molecule has 6 nitrogen and oxygen atoms in total. The maximum atomic E-state index is 11.9. The van der Waals surface area contributed by atoms with Crippen LogP contribution >= 0.6 is 11.3 Å². The Hall–Kier alpha value is -1.47. The van der Waals surface area contributed by atoms with E-state index in [1.165, 1.54) is 34.8 Å². The lowest BCUT2D eigenvalue weighted by atomic mass is 9.96. The highest BCUT2D eigenvalue weighted by molar-refractivity contribution is 7.11. The molecule has 0 saturated carbocycles. The summed E-state index contributed by atoms with van der Waals surface area (Å²) in [5.74, 6) is 0.189. The van der Waals surface area contributed by atoms with Crippen molar-refractivity contribution in [2.45, 2.75) is 57.4 Å². The first-order valence-corrected chi connectivity index (χ1v) is 9.19. The number of urea groups is 1. The second-order valence-corrected chi connectivity index (χ2v) is 7.58. The summed E-state index contributed by atoms with van der Waals surface area (Å²) in [6, 6.07) is -1.11. The molecule has 2 aliphatic rings. The Balaban J connectivity index is 1.57. The molecule has 0 radical (unpaired) electrons. The highest BCUT2D eigenvalue weighted by Crippen LogP contribution is 2.35. The van der Waals surface area contributed by atoms with E-state index >= 15 is 0 Å². The average molecular weight is 336 g/mol. The molecule has 2 heterocycles. The molecule has 3 rings (SSSR count). The van der Waals surface area contributed by atoms with Crippen LogP contribution in [0.2, 0.25) is 0 Å². The molecular formula is C16H24N4O2S. The van der Waals surface area contributed by atoms with E-state index in [1.54, 1.807) is 0 Å². The van der Waals surface area contributed by atoms with E-state index in [1.807, 2.05) is 18.3 Å². The Labute approximate surface area is 140 Å². The van der Waals surface area contributed by atoms with Crippen molar-refractivity contribution >= 4 is 23.3 Å². The lowest BCUT2D eigenvalue weighted by molar-refractivity contribution is -0.125. The molecule has 1 atom stereocenters. The minimum absolute atomic E-state index is 0.319. The quantitative estimate of drug-likeness (QED) is 0.881. The summed E-state index contributed by atoms with van der Waals surface area (Å²) in [5, 5.41) is 3.45. The SMILES string of the molecule is CC(C(=O)NC(N)=O)N1CCC(c2nc3c(s2)CCCC3)CC1. The standard InChI is InChI=1S/C16H24N4O2S/c1-10(14(21)19-16(17)22)20-8-6-11(7-9-20)15-18-12-4-2-3-5-13(12)23-15/h10-11H,2-9H2,1H3,(H3,17,19,21,22). The van der Waals surface area contributed by atoms with E-state index in [0.717, 1.165) is 32.4 Å². The molecule has 0 aromatic carbocycles. The predicted octanol–water partition coefficient (Wildman–Crippen LogP) is 1.78. The van der Waals surface area contributed by atoms with Crippen LogP contribution in [0.5, 0.6) is 0 Å². The van der Waals surface area contributed by atoms with E-state index in [0.29, 0.717) is 5.92 Å². The Morgan fingerprint density at radius 3 is 2.65 bits per heavy atom. The second kappa shape index (κ2) is 6.97. The summed E-state index contributed by atoms with van der Waals surface area (Å²) < 4.78 is 0. The topological polar surface area (TPSA) is 88.3 Å². The van der Waals surface area contributed by atoms with Gasteiger partial charge in [0.2, 0.25) is 5.91 Å². The number of imide groups is 1. The number of nitrogens with two attached hydrogens (primary N) is 1. The first-order chi connectivity index (χ1) is 11.0. The van der Waals surface area contributed by atoms with E-state index in [2.05, 4.69) is 10.2 Å². The number of aryl methyl sites for hydroxylation is 2. The third-order valence-corrected chi connectivity index (χ3v) is 6.23. The van der Waals surface area contributed by atoms with Gasteiger partial charge in [0.25, 0.3) is 0 Å². The van der Waals surface area contributed by atoms with Gasteiger partial charge in [0.05, 0.1) is 16.7 Å². The van der Waals surface area contributed by atoms with Gasteiger partial charge in [0.15, 0.2) is 0 Å². The van der Waals surface area contributed by atoms with Crippen molar-refractivity contribution in [2.24, 2.45) is 5.73 Å². The van der Waals surface area contributed by atoms with Crippen LogP contribution in [-0.2, 0) is 17.6 Å². The second-order valence-electron chi connectivity index (χ2n) is 6.47. The normalized spacial score (nSPS) is 20.7. The fraction of sp³-hybridized carbons (Fsp3) is 0.688. The number of hydrogen-bond donors (Lipinski definition) is 2. The van der Waals surface area contributed by atoms with Crippen molar-refractivity contribution in [3.8, 4) is 0 Å². The van der Waals surface area contributed by atoms with Crippen molar-refractivity contribution in [2.75, 3.05) is 13.1 Å². The van der Waals surface area contributed by atoms with Crippen LogP contribution in [-0.4, -0.2) is 41.0 Å². The molecule has 3 amide bonds. The first kappa shape index (κ1) is 16.4. The van der Waals surface area contributed by atoms with Gasteiger partial charge < -0.3 is 5.73 Å². The molecule has 7 heteroatoms. The molecule has 1 saturated heterocycles. The van der Waals surface area contributed by atoms with Crippen LogP contribution in [0.4, 0.5) is 4.79 Å². The van der Waals surface area contributed by atoms with Crippen molar-refractivity contribution in [1.29, 1.82) is 0 Å². The summed E-state index contributed by atoms with van der Waals surface area (Å²) in [6.45, 7) is 3.52. The van der Waals surface area contributed by atoms with Crippen LogP contribution in [0.15, 0.2) is 0 Å². The molecule has 1 aliphatic carbocycles. The van der Waals surface area contributed by atoms with Crippen molar-refractivity contribution < 1.29 is 9.59 Å². The number of rotatable bonds is 3. The van der Waals surface area contributed by atoms with Crippen LogP contribution in [0.1, 0.15) is 54.1 Å². The van der Waals surface area contributed by atoms with Gasteiger partial charge in [-0.2, -0.15) is 0 Å². The van der Waals surface area contributed by atoms with Crippen molar-refractivity contribution in [3.63, 3.8) is 0 Å². The number of aromatic nitrogens is 1. The van der Waals surface area contributed by atoms with E-state index in [4.69, 9.17) is 10.7 Å². The fourth-order valence-corrected chi connectivity index (χ4v) is 4.79. The number of nitrogens with one attached hydrogen (secondary N) is 1. The number of nitrogens with zero attached hydrogens (tertiary/aromatic N) is 2. The van der Waals surface area contributed by atoms with Gasteiger partial charge in [-0.3, -0.25) is 15.0 Å². The number of hydrogen-bond acceptors (Lipinski definition) is 5. The molecule has 3 N–H and O–H groups in total. The molecule has 1 fully saturated rings. The van der Waals surface area contributed by atoms with E-state index < -0.39 is 6.03 Å². The zero-order valence-electron chi connectivity index (χ0n) is 13.5. The maximum Gasteiger partial charge on any atom is 0.318 e. The summed E-state index contributed by atoms with van der Waals surface area (Å²) in [4.78, 5) is 31.1. The van der Waals surface area contributed by atoms with Gasteiger partial charge in [-0.25, -0.2) is 9.78 Å². The number of fused-ring (bicyclic) bond motifs is 1. The van der Waals surface area contributed by atoms with Gasteiger partial charge in [-0.15, -0.1) is 11.3 Å². The van der Waals surface area contributed by atoms with Gasteiger partial charge in [-0.05, 0) is 58.5 Å². The maximum absolute atomic E-state index is 11.9. The molecule has 126 valence electrons. The lowest BCUT2D eigenvalue weighted by Crippen LogP contribution is -2.50. The molecule has 0 bridgehead atoms. The zero-order valence-corrected chi connectivity index (χ0v) is 14.3. The molecule has 1 aromatic rings. The molecule has 1 aromatic heterocycles. The monoisotopic (exact) mass is 336 g/mol.